The minimum Gasteiger partial charge on any atom is -0.355 e. The molecule has 0 saturated heterocycles. The molecular weight excluding hydrogens is 533 g/mol. The van der Waals surface area contributed by atoms with Crippen LogP contribution in [0.3, 0.4) is 0 Å². The van der Waals surface area contributed by atoms with Crippen LogP contribution in [0, 0.1) is 0 Å². The van der Waals surface area contributed by atoms with Crippen LogP contribution >= 0.6 is 47.2 Å². The summed E-state index contributed by atoms with van der Waals surface area (Å²) >= 11 is 12.0. The number of alkyl halides is 3. The molecule has 0 aliphatic heterocycles. The second-order valence-electron chi connectivity index (χ2n) is 5.38. The zero-order valence-electron chi connectivity index (χ0n) is 14.9. The molecule has 2 aromatic rings. The summed E-state index contributed by atoms with van der Waals surface area (Å²) in [5.74, 6) is 0.415. The first-order chi connectivity index (χ1) is 12.7. The lowest BCUT2D eigenvalue weighted by molar-refractivity contribution is -0.141. The Morgan fingerprint density at radius 3 is 2.54 bits per heavy atom. The number of halogens is 6. The average Bonchev–Trinajstić information content (AvgIpc) is 2.87. The van der Waals surface area contributed by atoms with Crippen LogP contribution in [0.5, 0.6) is 0 Å². The first-order valence-corrected chi connectivity index (χ1v) is 8.56. The molecule has 0 radical (unpaired) electrons. The molecule has 0 aliphatic rings. The third-order valence-electron chi connectivity index (χ3n) is 3.52. The molecule has 3 N–H and O–H groups in total. The molecule has 0 unspecified atom stereocenters. The third-order valence-corrected chi connectivity index (χ3v) is 4.36. The molecule has 0 spiro atoms. The van der Waals surface area contributed by atoms with Crippen LogP contribution in [0.2, 0.25) is 10.2 Å². The van der Waals surface area contributed by atoms with E-state index in [1.807, 2.05) is 0 Å². The summed E-state index contributed by atoms with van der Waals surface area (Å²) in [5, 5.41) is 9.74. The Morgan fingerprint density at radius 1 is 1.25 bits per heavy atom. The van der Waals surface area contributed by atoms with E-state index in [1.165, 1.54) is 0 Å². The Balaban J connectivity index is 0.00000392. The van der Waals surface area contributed by atoms with Crippen molar-refractivity contribution in [2.75, 3.05) is 25.5 Å². The van der Waals surface area contributed by atoms with Gasteiger partial charge >= 0.3 is 6.18 Å². The topological polar surface area (TPSA) is 79.2 Å². The fourth-order valence-corrected chi connectivity index (χ4v) is 2.53. The number of hydrogen-bond donors (Lipinski definition) is 3. The van der Waals surface area contributed by atoms with Gasteiger partial charge in [0.15, 0.2) is 5.96 Å². The number of hydrogen-bond acceptors (Lipinski definition) is 4. The molecule has 0 amide bonds. The summed E-state index contributed by atoms with van der Waals surface area (Å²) in [6.07, 6.45) is -3.45. The monoisotopic (exact) mass is 551 g/mol. The van der Waals surface area contributed by atoms with Crippen LogP contribution in [0.15, 0.2) is 23.3 Å². The Kier molecular flexibility index (Phi) is 9.57. The van der Waals surface area contributed by atoms with E-state index in [0.717, 1.165) is 18.0 Å². The highest BCUT2D eigenvalue weighted by molar-refractivity contribution is 14.0. The standard InChI is InChI=1S/C15H18Cl2F3N7.HI/c1-21-13(25-8-9-7-10(16)12(17)27(9)2)23-5-6-24-14-22-4-3-11(26-14)15(18,19)20;/h3-4,7H,5-6,8H2,1-2H3,(H2,21,23,25)(H,22,24,26);1H. The molecule has 0 fully saturated rings. The lowest BCUT2D eigenvalue weighted by Crippen LogP contribution is -2.39. The van der Waals surface area contributed by atoms with Gasteiger partial charge in [-0.1, -0.05) is 23.2 Å². The molecule has 13 heteroatoms. The number of nitrogens with zero attached hydrogens (tertiary/aromatic N) is 4. The average molecular weight is 552 g/mol. The van der Waals surface area contributed by atoms with Gasteiger partial charge in [0.1, 0.15) is 10.8 Å². The van der Waals surface area contributed by atoms with Gasteiger partial charge in [-0.2, -0.15) is 13.2 Å². The number of guanidine groups is 1. The molecule has 0 atom stereocenters. The summed E-state index contributed by atoms with van der Waals surface area (Å²) in [6.45, 7) is 1.12. The van der Waals surface area contributed by atoms with Crippen molar-refractivity contribution in [3.8, 4) is 0 Å². The first kappa shape index (κ1) is 24.6. The van der Waals surface area contributed by atoms with Crippen molar-refractivity contribution < 1.29 is 13.2 Å². The van der Waals surface area contributed by atoms with Gasteiger partial charge in [0.05, 0.1) is 11.6 Å². The fourth-order valence-electron chi connectivity index (χ4n) is 2.11. The lowest BCUT2D eigenvalue weighted by atomic mass is 10.4. The van der Waals surface area contributed by atoms with Crippen molar-refractivity contribution >= 4 is 59.1 Å². The Bertz CT molecular complexity index is 811. The van der Waals surface area contributed by atoms with Gasteiger partial charge < -0.3 is 20.5 Å². The maximum absolute atomic E-state index is 12.6. The van der Waals surface area contributed by atoms with E-state index < -0.39 is 11.9 Å². The smallest absolute Gasteiger partial charge is 0.355 e. The number of nitrogens with one attached hydrogen (secondary N) is 3. The minimum atomic E-state index is -4.51. The van der Waals surface area contributed by atoms with Crippen LogP contribution in [0.1, 0.15) is 11.4 Å². The van der Waals surface area contributed by atoms with Gasteiger partial charge in [0.2, 0.25) is 5.95 Å². The minimum absolute atomic E-state index is 0. The van der Waals surface area contributed by atoms with E-state index in [4.69, 9.17) is 23.2 Å². The summed E-state index contributed by atoms with van der Waals surface area (Å²) in [5.41, 5.74) is -0.131. The third kappa shape index (κ3) is 6.85. The quantitative estimate of drug-likeness (QED) is 0.221. The summed E-state index contributed by atoms with van der Waals surface area (Å²) in [4.78, 5) is 11.3. The molecule has 7 nitrogen and oxygen atoms in total. The van der Waals surface area contributed by atoms with Crippen LogP contribution in [0.25, 0.3) is 0 Å². The summed E-state index contributed by atoms with van der Waals surface area (Å²) in [7, 11) is 3.39. The molecule has 2 heterocycles. The van der Waals surface area contributed by atoms with Crippen molar-refractivity contribution in [1.29, 1.82) is 0 Å². The van der Waals surface area contributed by atoms with E-state index in [-0.39, 0.29) is 29.9 Å². The highest BCUT2D eigenvalue weighted by Crippen LogP contribution is 2.27. The van der Waals surface area contributed by atoms with Crippen molar-refractivity contribution in [2.24, 2.45) is 12.0 Å². The highest BCUT2D eigenvalue weighted by Gasteiger charge is 2.32. The predicted molar refractivity (Wildman–Crippen MR) is 115 cm³/mol. The van der Waals surface area contributed by atoms with E-state index in [2.05, 4.69) is 30.9 Å². The fraction of sp³-hybridized carbons (Fsp3) is 0.400. The van der Waals surface area contributed by atoms with Crippen LogP contribution < -0.4 is 16.0 Å². The first-order valence-electron chi connectivity index (χ1n) is 7.80. The van der Waals surface area contributed by atoms with Gasteiger partial charge in [-0.25, -0.2) is 9.97 Å². The van der Waals surface area contributed by atoms with Crippen molar-refractivity contribution in [3.63, 3.8) is 0 Å². The molecule has 156 valence electrons. The van der Waals surface area contributed by atoms with Gasteiger partial charge in [-0.15, -0.1) is 24.0 Å². The van der Waals surface area contributed by atoms with E-state index in [1.54, 1.807) is 24.7 Å². The van der Waals surface area contributed by atoms with E-state index in [9.17, 15) is 13.2 Å². The normalized spacial score (nSPS) is 11.8. The second-order valence-corrected chi connectivity index (χ2v) is 6.14. The predicted octanol–water partition coefficient (Wildman–Crippen LogP) is 3.54. The van der Waals surface area contributed by atoms with Crippen LogP contribution in [-0.2, 0) is 19.8 Å². The molecule has 2 aromatic heterocycles. The maximum atomic E-state index is 12.6. The molecule has 2 rings (SSSR count). The zero-order valence-corrected chi connectivity index (χ0v) is 18.8. The zero-order chi connectivity index (χ0) is 20.0. The van der Waals surface area contributed by atoms with Gasteiger partial charge in [0, 0.05) is 39.1 Å². The van der Waals surface area contributed by atoms with E-state index >= 15 is 0 Å². The molecule has 0 aliphatic carbocycles. The molecular formula is C15H19Cl2F3IN7. The molecule has 0 bridgehead atoms. The van der Waals surface area contributed by atoms with Crippen molar-refractivity contribution in [3.05, 3.63) is 39.9 Å². The molecule has 0 aromatic carbocycles. The number of rotatable bonds is 6. The number of aromatic nitrogens is 3. The lowest BCUT2D eigenvalue weighted by Gasteiger charge is -2.13. The summed E-state index contributed by atoms with van der Waals surface area (Å²) in [6, 6.07) is 2.56. The Labute approximate surface area is 187 Å². The molecule has 0 saturated carbocycles. The largest absolute Gasteiger partial charge is 0.433 e. The van der Waals surface area contributed by atoms with Crippen LogP contribution in [0.4, 0.5) is 19.1 Å². The van der Waals surface area contributed by atoms with Crippen molar-refractivity contribution in [2.45, 2.75) is 12.7 Å². The van der Waals surface area contributed by atoms with Gasteiger partial charge in [-0.05, 0) is 12.1 Å². The van der Waals surface area contributed by atoms with E-state index in [0.29, 0.717) is 35.8 Å². The Morgan fingerprint density at radius 2 is 1.96 bits per heavy atom. The van der Waals surface area contributed by atoms with Gasteiger partial charge in [-0.3, -0.25) is 4.99 Å². The van der Waals surface area contributed by atoms with Crippen molar-refractivity contribution in [1.82, 2.24) is 25.2 Å². The molecule has 28 heavy (non-hydrogen) atoms. The van der Waals surface area contributed by atoms with Gasteiger partial charge in [0.25, 0.3) is 0 Å². The van der Waals surface area contributed by atoms with Crippen LogP contribution in [-0.4, -0.2) is 40.6 Å². The summed E-state index contributed by atoms with van der Waals surface area (Å²) < 4.78 is 39.6. The number of anilines is 1. The maximum Gasteiger partial charge on any atom is 0.433 e. The second kappa shape index (κ2) is 10.9. The number of aliphatic imine (C=N–C) groups is 1. The highest BCUT2D eigenvalue weighted by atomic mass is 127. The SMILES string of the molecule is CN=C(NCCNc1nccc(C(F)(F)F)n1)NCc1cc(Cl)c(Cl)n1C.I. The Hall–Kier alpha value is -1.47.